The number of amides is 1. The van der Waals surface area contributed by atoms with E-state index in [-0.39, 0.29) is 30.2 Å². The number of aromatic carboxylic acids is 1. The predicted molar refractivity (Wildman–Crippen MR) is 105 cm³/mol. The van der Waals surface area contributed by atoms with Crippen LogP contribution in [-0.4, -0.2) is 36.3 Å². The molecule has 2 saturated heterocycles. The lowest BCUT2D eigenvalue weighted by Gasteiger charge is -2.30. The lowest BCUT2D eigenvalue weighted by Crippen LogP contribution is -2.46. The summed E-state index contributed by atoms with van der Waals surface area (Å²) in [7, 11) is 0. The van der Waals surface area contributed by atoms with Crippen molar-refractivity contribution in [2.75, 3.05) is 18.1 Å². The number of carboxylic acids is 1. The molecule has 1 amide bonds. The van der Waals surface area contributed by atoms with E-state index in [4.69, 9.17) is 19.0 Å². The van der Waals surface area contributed by atoms with Crippen molar-refractivity contribution in [1.29, 1.82) is 0 Å². The van der Waals surface area contributed by atoms with Crippen molar-refractivity contribution in [3.05, 3.63) is 77.0 Å². The molecule has 4 heterocycles. The highest BCUT2D eigenvalue weighted by atomic mass is 16.5. The Hall–Kier alpha value is -3.32. The Morgan fingerprint density at radius 3 is 2.90 bits per heavy atom. The third-order valence-corrected chi connectivity index (χ3v) is 6.56. The lowest BCUT2D eigenvalue weighted by atomic mass is 9.69. The van der Waals surface area contributed by atoms with Gasteiger partial charge in [0.25, 0.3) is 0 Å². The molecule has 1 aromatic carbocycles. The molecule has 6 rings (SSSR count). The molecule has 1 aromatic heterocycles. The van der Waals surface area contributed by atoms with Crippen molar-refractivity contribution >= 4 is 17.6 Å². The summed E-state index contributed by atoms with van der Waals surface area (Å²) >= 11 is 0. The van der Waals surface area contributed by atoms with Gasteiger partial charge in [0.15, 0.2) is 0 Å². The minimum absolute atomic E-state index is 0.0444. The maximum absolute atomic E-state index is 13.9. The highest BCUT2D eigenvalue weighted by Crippen LogP contribution is 2.54. The molecule has 7 heteroatoms. The molecule has 3 aliphatic heterocycles. The van der Waals surface area contributed by atoms with Crippen LogP contribution in [0.15, 0.2) is 64.3 Å². The van der Waals surface area contributed by atoms with Gasteiger partial charge in [0.1, 0.15) is 16.9 Å². The first-order valence-corrected chi connectivity index (χ1v) is 9.99. The number of carbonyl (C=O) groups is 2. The number of carboxylic acid groups (broad SMARTS) is 1. The molecule has 7 nitrogen and oxygen atoms in total. The quantitative estimate of drug-likeness (QED) is 0.844. The molecule has 152 valence electrons. The zero-order chi connectivity index (χ0) is 20.5. The van der Waals surface area contributed by atoms with Crippen molar-refractivity contribution in [2.45, 2.75) is 24.5 Å². The second-order valence-corrected chi connectivity index (χ2v) is 8.07. The van der Waals surface area contributed by atoms with E-state index < -0.39 is 11.4 Å². The molecule has 3 unspecified atom stereocenters. The zero-order valence-corrected chi connectivity index (χ0v) is 16.0. The number of ether oxygens (including phenoxy) is 2. The topological polar surface area (TPSA) is 89.2 Å². The number of benzene rings is 1. The second kappa shape index (κ2) is 6.09. The first kappa shape index (κ1) is 17.5. The van der Waals surface area contributed by atoms with E-state index in [1.165, 1.54) is 6.07 Å². The molecule has 1 aliphatic carbocycles. The van der Waals surface area contributed by atoms with E-state index in [0.29, 0.717) is 19.0 Å². The SMILES string of the molecule is O=C(O)c1ccc(CN2C(=O)C3(COC4C=C5OCCC5=CC43)c3ccccc32)o1. The van der Waals surface area contributed by atoms with Crippen LogP contribution in [0.2, 0.25) is 0 Å². The van der Waals surface area contributed by atoms with E-state index in [2.05, 4.69) is 6.08 Å². The summed E-state index contributed by atoms with van der Waals surface area (Å²) in [5, 5.41) is 9.13. The van der Waals surface area contributed by atoms with Gasteiger partial charge in [-0.25, -0.2) is 4.79 Å². The van der Waals surface area contributed by atoms with Crippen molar-refractivity contribution in [2.24, 2.45) is 5.92 Å². The van der Waals surface area contributed by atoms with Gasteiger partial charge in [0.2, 0.25) is 11.7 Å². The Kier molecular flexibility index (Phi) is 3.56. The average Bonchev–Trinajstić information content (AvgIpc) is 3.51. The fourth-order valence-corrected chi connectivity index (χ4v) is 5.17. The summed E-state index contributed by atoms with van der Waals surface area (Å²) in [6.07, 6.45) is 4.80. The Morgan fingerprint density at radius 1 is 1.20 bits per heavy atom. The predicted octanol–water partition coefficient (Wildman–Crippen LogP) is 3.02. The third kappa shape index (κ3) is 2.24. The Morgan fingerprint density at radius 2 is 2.07 bits per heavy atom. The van der Waals surface area contributed by atoms with Crippen LogP contribution in [-0.2, 0) is 26.2 Å². The number of rotatable bonds is 3. The van der Waals surface area contributed by atoms with E-state index in [0.717, 1.165) is 29.0 Å². The summed E-state index contributed by atoms with van der Waals surface area (Å²) in [5.74, 6) is -0.120. The van der Waals surface area contributed by atoms with Crippen LogP contribution in [0.5, 0.6) is 0 Å². The number of para-hydroxylation sites is 1. The van der Waals surface area contributed by atoms with E-state index >= 15 is 0 Å². The number of nitrogens with zero attached hydrogens (tertiary/aromatic N) is 1. The summed E-state index contributed by atoms with van der Waals surface area (Å²) in [6.45, 7) is 1.12. The number of anilines is 1. The molecule has 2 fully saturated rings. The summed E-state index contributed by atoms with van der Waals surface area (Å²) < 4.78 is 17.2. The number of carbonyl (C=O) groups excluding carboxylic acids is 1. The standard InChI is InChI=1S/C23H19NO6/c25-21(26)18-6-5-14(30-18)11-24-17-4-2-1-3-15(17)23(22(24)27)12-29-20-10-19-13(7-8-28-19)9-16(20)23/h1-6,9-10,16,20H,7-8,11-12H2,(H,25,26). The molecule has 1 N–H and O–H groups in total. The number of furan rings is 1. The van der Waals surface area contributed by atoms with Crippen LogP contribution in [0.25, 0.3) is 0 Å². The molecule has 2 aromatic rings. The zero-order valence-electron chi connectivity index (χ0n) is 16.0. The number of hydrogen-bond acceptors (Lipinski definition) is 5. The van der Waals surface area contributed by atoms with Crippen LogP contribution < -0.4 is 4.90 Å². The Balaban J connectivity index is 1.42. The minimum Gasteiger partial charge on any atom is -0.493 e. The first-order valence-electron chi connectivity index (χ1n) is 9.99. The monoisotopic (exact) mass is 405 g/mol. The largest absolute Gasteiger partial charge is 0.493 e. The molecular formula is C23H19NO6. The van der Waals surface area contributed by atoms with Gasteiger partial charge in [0, 0.05) is 18.0 Å². The number of hydrogen-bond donors (Lipinski definition) is 1. The minimum atomic E-state index is -1.13. The van der Waals surface area contributed by atoms with Gasteiger partial charge >= 0.3 is 5.97 Å². The molecule has 0 bridgehead atoms. The van der Waals surface area contributed by atoms with Gasteiger partial charge < -0.3 is 23.9 Å². The van der Waals surface area contributed by atoms with Crippen molar-refractivity contribution in [3.63, 3.8) is 0 Å². The normalized spacial score (nSPS) is 28.7. The van der Waals surface area contributed by atoms with Gasteiger partial charge in [0.05, 0.1) is 25.9 Å². The number of fused-ring (bicyclic) bond motifs is 5. The van der Waals surface area contributed by atoms with Crippen LogP contribution in [0, 0.1) is 5.92 Å². The summed E-state index contributed by atoms with van der Waals surface area (Å²) in [5.41, 5.74) is 2.10. The average molecular weight is 405 g/mol. The molecule has 3 atom stereocenters. The highest BCUT2D eigenvalue weighted by Gasteiger charge is 2.61. The molecular weight excluding hydrogens is 386 g/mol. The van der Waals surface area contributed by atoms with Crippen molar-refractivity contribution in [3.8, 4) is 0 Å². The highest BCUT2D eigenvalue weighted by molar-refractivity contribution is 6.09. The lowest BCUT2D eigenvalue weighted by molar-refractivity contribution is -0.124. The molecule has 1 spiro atoms. The van der Waals surface area contributed by atoms with Gasteiger partial charge in [-0.1, -0.05) is 24.3 Å². The van der Waals surface area contributed by atoms with Gasteiger partial charge in [-0.3, -0.25) is 4.79 Å². The molecule has 0 radical (unpaired) electrons. The van der Waals surface area contributed by atoms with Crippen LogP contribution in [0.3, 0.4) is 0 Å². The fraction of sp³-hybridized carbons (Fsp3) is 0.304. The maximum atomic E-state index is 13.9. The third-order valence-electron chi connectivity index (χ3n) is 6.56. The number of allylic oxidation sites excluding steroid dienone is 1. The van der Waals surface area contributed by atoms with Gasteiger partial charge in [-0.05, 0) is 35.4 Å². The Bertz CT molecular complexity index is 1140. The van der Waals surface area contributed by atoms with Gasteiger partial charge in [-0.15, -0.1) is 0 Å². The molecule has 0 saturated carbocycles. The first-order chi connectivity index (χ1) is 14.6. The molecule has 4 aliphatic rings. The fourth-order valence-electron chi connectivity index (χ4n) is 5.17. The summed E-state index contributed by atoms with van der Waals surface area (Å²) in [4.78, 5) is 26.7. The van der Waals surface area contributed by atoms with Crippen LogP contribution in [0.4, 0.5) is 5.69 Å². The van der Waals surface area contributed by atoms with Crippen LogP contribution >= 0.6 is 0 Å². The molecule has 30 heavy (non-hydrogen) atoms. The van der Waals surface area contributed by atoms with Crippen molar-refractivity contribution < 1.29 is 28.6 Å². The van der Waals surface area contributed by atoms with Gasteiger partial charge in [-0.2, -0.15) is 0 Å². The smallest absolute Gasteiger partial charge is 0.371 e. The van der Waals surface area contributed by atoms with E-state index in [1.54, 1.807) is 11.0 Å². The summed E-state index contributed by atoms with van der Waals surface area (Å²) in [6, 6.07) is 10.8. The van der Waals surface area contributed by atoms with E-state index in [1.807, 2.05) is 30.3 Å². The second-order valence-electron chi connectivity index (χ2n) is 8.07. The van der Waals surface area contributed by atoms with E-state index in [9.17, 15) is 9.59 Å². The van der Waals surface area contributed by atoms with Crippen molar-refractivity contribution in [1.82, 2.24) is 0 Å². The van der Waals surface area contributed by atoms with Crippen LogP contribution in [0.1, 0.15) is 28.3 Å². The Labute approximate surface area is 172 Å². The maximum Gasteiger partial charge on any atom is 0.371 e.